The molecule has 0 amide bonds. The number of rotatable bonds is 6. The third-order valence-corrected chi connectivity index (χ3v) is 6.16. The molecule has 1 unspecified atom stereocenters. The Kier molecular flexibility index (Phi) is 5.58. The van der Waals surface area contributed by atoms with E-state index in [1.807, 2.05) is 6.07 Å². The molecule has 1 heterocycles. The molecule has 0 radical (unpaired) electrons. The monoisotopic (exact) mass is 444 g/mol. The molecule has 3 aromatic carbocycles. The normalized spacial score (nSPS) is 17.5. The molecule has 1 fully saturated rings. The van der Waals surface area contributed by atoms with Crippen molar-refractivity contribution in [3.8, 4) is 11.5 Å². The standard InChI is InChI=1S/C26H24N2O5/c1-32-16-9-10-19(22(29)15-16)26-28(13-14-33-26)12-11-27-21-8-4-7-20-23(21)25(31)18-6-3-2-5-17(18)24(20)30/h2-10,15,26-27,29H,11-14H2,1H3. The Balaban J connectivity index is 1.32. The van der Waals surface area contributed by atoms with Crippen molar-refractivity contribution in [1.82, 2.24) is 4.90 Å². The topological polar surface area (TPSA) is 88.1 Å². The number of carbonyl (C=O) groups excluding carboxylic acids is 2. The molecule has 2 aliphatic rings. The first kappa shape index (κ1) is 21.2. The van der Waals surface area contributed by atoms with Crippen molar-refractivity contribution >= 4 is 17.3 Å². The van der Waals surface area contributed by atoms with Crippen LogP contribution in [-0.2, 0) is 4.74 Å². The van der Waals surface area contributed by atoms with Gasteiger partial charge in [0.2, 0.25) is 0 Å². The summed E-state index contributed by atoms with van der Waals surface area (Å²) in [6.45, 7) is 2.44. The molecule has 5 rings (SSSR count). The number of carbonyl (C=O) groups is 2. The highest BCUT2D eigenvalue weighted by Crippen LogP contribution is 2.35. The number of hydrogen-bond donors (Lipinski definition) is 2. The van der Waals surface area contributed by atoms with Gasteiger partial charge >= 0.3 is 0 Å². The quantitative estimate of drug-likeness (QED) is 0.470. The van der Waals surface area contributed by atoms with Crippen molar-refractivity contribution < 1.29 is 24.2 Å². The summed E-state index contributed by atoms with van der Waals surface area (Å²) in [5, 5.41) is 13.7. The van der Waals surface area contributed by atoms with Crippen LogP contribution < -0.4 is 10.1 Å². The van der Waals surface area contributed by atoms with Gasteiger partial charge in [-0.2, -0.15) is 0 Å². The molecule has 1 aliphatic heterocycles. The number of phenols is 1. The molecule has 0 aromatic heterocycles. The fraction of sp³-hybridized carbons (Fsp3) is 0.231. The number of aromatic hydroxyl groups is 1. The SMILES string of the molecule is COc1ccc(C2OCCN2CCNc2cccc3c2C(=O)c2ccccc2C3=O)c(O)c1. The lowest BCUT2D eigenvalue weighted by molar-refractivity contribution is 0.0328. The Morgan fingerprint density at radius 2 is 1.79 bits per heavy atom. The molecule has 7 nitrogen and oxygen atoms in total. The van der Waals surface area contributed by atoms with Gasteiger partial charge in [0.1, 0.15) is 17.7 Å². The Hall–Kier alpha value is -3.68. The largest absolute Gasteiger partial charge is 0.507 e. The number of ketones is 2. The van der Waals surface area contributed by atoms with E-state index in [0.29, 0.717) is 59.0 Å². The second-order valence-corrected chi connectivity index (χ2v) is 8.04. The second kappa shape index (κ2) is 8.69. The van der Waals surface area contributed by atoms with Crippen LogP contribution in [0.1, 0.15) is 43.6 Å². The van der Waals surface area contributed by atoms with Gasteiger partial charge in [-0.3, -0.25) is 14.5 Å². The van der Waals surface area contributed by atoms with E-state index >= 15 is 0 Å². The van der Waals surface area contributed by atoms with Gasteiger partial charge in [0.15, 0.2) is 11.6 Å². The summed E-state index contributed by atoms with van der Waals surface area (Å²) in [5.41, 5.74) is 3.06. The van der Waals surface area contributed by atoms with Crippen LogP contribution >= 0.6 is 0 Å². The molecular weight excluding hydrogens is 420 g/mol. The highest BCUT2D eigenvalue weighted by atomic mass is 16.5. The summed E-state index contributed by atoms with van der Waals surface area (Å²) < 4.78 is 11.0. The molecule has 1 aliphatic carbocycles. The maximum atomic E-state index is 13.2. The van der Waals surface area contributed by atoms with Gasteiger partial charge in [0.05, 0.1) is 19.3 Å². The fourth-order valence-electron chi connectivity index (χ4n) is 4.51. The highest BCUT2D eigenvalue weighted by Gasteiger charge is 2.32. The lowest BCUT2D eigenvalue weighted by Crippen LogP contribution is -2.30. The van der Waals surface area contributed by atoms with Crippen LogP contribution in [0.25, 0.3) is 0 Å². The Morgan fingerprint density at radius 3 is 2.55 bits per heavy atom. The van der Waals surface area contributed by atoms with E-state index in [9.17, 15) is 14.7 Å². The lowest BCUT2D eigenvalue weighted by Gasteiger charge is -2.25. The number of anilines is 1. The average Bonchev–Trinajstić information content (AvgIpc) is 3.30. The molecule has 2 N–H and O–H groups in total. The molecule has 1 atom stereocenters. The van der Waals surface area contributed by atoms with E-state index in [0.717, 1.165) is 6.54 Å². The van der Waals surface area contributed by atoms with Crippen molar-refractivity contribution in [3.63, 3.8) is 0 Å². The zero-order valence-corrected chi connectivity index (χ0v) is 18.2. The summed E-state index contributed by atoms with van der Waals surface area (Å²) in [5.74, 6) is 0.428. The van der Waals surface area contributed by atoms with E-state index in [4.69, 9.17) is 9.47 Å². The van der Waals surface area contributed by atoms with Crippen molar-refractivity contribution in [2.24, 2.45) is 0 Å². The van der Waals surface area contributed by atoms with E-state index in [-0.39, 0.29) is 23.5 Å². The second-order valence-electron chi connectivity index (χ2n) is 8.04. The first-order valence-electron chi connectivity index (χ1n) is 10.9. The third-order valence-electron chi connectivity index (χ3n) is 6.16. The minimum absolute atomic E-state index is 0.124. The zero-order chi connectivity index (χ0) is 22.9. The van der Waals surface area contributed by atoms with E-state index in [1.54, 1.807) is 61.7 Å². The Labute approximate surface area is 191 Å². The molecule has 0 bridgehead atoms. The third kappa shape index (κ3) is 3.75. The number of methoxy groups -OCH3 is 1. The molecule has 7 heteroatoms. The number of ether oxygens (including phenoxy) is 2. The summed E-state index contributed by atoms with van der Waals surface area (Å²) in [6.07, 6.45) is -0.363. The zero-order valence-electron chi connectivity index (χ0n) is 18.2. The lowest BCUT2D eigenvalue weighted by atomic mass is 9.83. The molecular formula is C26H24N2O5. The molecule has 3 aromatic rings. The van der Waals surface area contributed by atoms with Crippen LogP contribution in [0, 0.1) is 0 Å². The van der Waals surface area contributed by atoms with Gasteiger partial charge in [-0.25, -0.2) is 0 Å². The number of nitrogens with zero attached hydrogens (tertiary/aromatic N) is 1. The Morgan fingerprint density at radius 1 is 1.03 bits per heavy atom. The van der Waals surface area contributed by atoms with Crippen LogP contribution in [0.15, 0.2) is 60.7 Å². The maximum Gasteiger partial charge on any atom is 0.196 e. The Bertz CT molecular complexity index is 1240. The van der Waals surface area contributed by atoms with Gasteiger partial charge < -0.3 is 19.9 Å². The van der Waals surface area contributed by atoms with Gasteiger partial charge in [-0.1, -0.05) is 36.4 Å². The van der Waals surface area contributed by atoms with E-state index in [1.165, 1.54) is 0 Å². The highest BCUT2D eigenvalue weighted by molar-refractivity contribution is 6.30. The first-order valence-corrected chi connectivity index (χ1v) is 10.9. The average molecular weight is 444 g/mol. The van der Waals surface area contributed by atoms with Gasteiger partial charge in [0, 0.05) is 53.6 Å². The van der Waals surface area contributed by atoms with E-state index in [2.05, 4.69) is 10.2 Å². The summed E-state index contributed by atoms with van der Waals surface area (Å²) >= 11 is 0. The van der Waals surface area contributed by atoms with Crippen LogP contribution in [0.3, 0.4) is 0 Å². The molecule has 0 saturated carbocycles. The number of phenolic OH excluding ortho intramolecular Hbond substituents is 1. The fourth-order valence-corrected chi connectivity index (χ4v) is 4.51. The van der Waals surface area contributed by atoms with Crippen molar-refractivity contribution in [1.29, 1.82) is 0 Å². The minimum Gasteiger partial charge on any atom is -0.507 e. The van der Waals surface area contributed by atoms with Crippen LogP contribution in [0.4, 0.5) is 5.69 Å². The summed E-state index contributed by atoms with van der Waals surface area (Å²) in [6, 6.07) is 17.4. The smallest absolute Gasteiger partial charge is 0.196 e. The van der Waals surface area contributed by atoms with Crippen molar-refractivity contribution in [2.45, 2.75) is 6.23 Å². The minimum atomic E-state index is -0.363. The number of fused-ring (bicyclic) bond motifs is 2. The van der Waals surface area contributed by atoms with E-state index < -0.39 is 0 Å². The number of nitrogens with one attached hydrogen (secondary N) is 1. The number of benzene rings is 3. The van der Waals surface area contributed by atoms with Crippen LogP contribution in [0.5, 0.6) is 11.5 Å². The predicted molar refractivity (Wildman–Crippen MR) is 123 cm³/mol. The summed E-state index contributed by atoms with van der Waals surface area (Å²) in [4.78, 5) is 28.2. The predicted octanol–water partition coefficient (Wildman–Crippen LogP) is 3.62. The molecule has 168 valence electrons. The molecule has 1 saturated heterocycles. The van der Waals surface area contributed by atoms with Gasteiger partial charge in [0.25, 0.3) is 0 Å². The van der Waals surface area contributed by atoms with Crippen LogP contribution in [0.2, 0.25) is 0 Å². The van der Waals surface area contributed by atoms with Crippen LogP contribution in [-0.4, -0.2) is 54.9 Å². The van der Waals surface area contributed by atoms with Gasteiger partial charge in [-0.15, -0.1) is 0 Å². The maximum absolute atomic E-state index is 13.2. The van der Waals surface area contributed by atoms with Crippen molar-refractivity contribution in [3.05, 3.63) is 88.5 Å². The summed E-state index contributed by atoms with van der Waals surface area (Å²) in [7, 11) is 1.55. The van der Waals surface area contributed by atoms with Crippen molar-refractivity contribution in [2.75, 3.05) is 38.7 Å². The first-order chi connectivity index (χ1) is 16.1. The number of hydrogen-bond acceptors (Lipinski definition) is 7. The molecule has 33 heavy (non-hydrogen) atoms. The van der Waals surface area contributed by atoms with Gasteiger partial charge in [-0.05, 0) is 18.2 Å². The molecule has 0 spiro atoms.